The normalized spacial score (nSPS) is 10.8. The van der Waals surface area contributed by atoms with Crippen molar-refractivity contribution in [2.75, 3.05) is 23.8 Å². The Morgan fingerprint density at radius 3 is 2.81 bits per heavy atom. The number of rotatable bonds is 9. The van der Waals surface area contributed by atoms with Gasteiger partial charge in [0.25, 0.3) is 11.1 Å². The van der Waals surface area contributed by atoms with Crippen LogP contribution in [0.25, 0.3) is 22.4 Å². The summed E-state index contributed by atoms with van der Waals surface area (Å²) < 4.78 is 11.2. The van der Waals surface area contributed by atoms with E-state index in [9.17, 15) is 4.79 Å². The molecule has 9 heteroatoms. The summed E-state index contributed by atoms with van der Waals surface area (Å²) in [4.78, 5) is 17.7. The molecule has 32 heavy (non-hydrogen) atoms. The van der Waals surface area contributed by atoms with Crippen LogP contribution in [0.2, 0.25) is 0 Å². The first-order valence-corrected chi connectivity index (χ1v) is 11.1. The van der Waals surface area contributed by atoms with Crippen LogP contribution in [0.1, 0.15) is 13.3 Å². The molecule has 0 aliphatic rings. The van der Waals surface area contributed by atoms with Gasteiger partial charge in [0.05, 0.1) is 30.4 Å². The third-order valence-electron chi connectivity index (χ3n) is 4.75. The second kappa shape index (κ2) is 10.0. The highest BCUT2D eigenvalue weighted by Gasteiger charge is 2.19. The van der Waals surface area contributed by atoms with Crippen molar-refractivity contribution in [1.29, 1.82) is 5.26 Å². The van der Waals surface area contributed by atoms with Gasteiger partial charge < -0.3 is 19.0 Å². The van der Waals surface area contributed by atoms with Crippen molar-refractivity contribution >= 4 is 34.3 Å². The van der Waals surface area contributed by atoms with Crippen molar-refractivity contribution in [2.45, 2.75) is 18.6 Å². The number of aromatic nitrogens is 3. The zero-order chi connectivity index (χ0) is 22.3. The van der Waals surface area contributed by atoms with Crippen LogP contribution in [0.15, 0.2) is 64.4 Å². The number of nitriles is 1. The summed E-state index contributed by atoms with van der Waals surface area (Å²) in [5.74, 6) is 1.08. The van der Waals surface area contributed by atoms with Gasteiger partial charge >= 0.3 is 0 Å². The Bertz CT molecular complexity index is 1240. The van der Waals surface area contributed by atoms with E-state index in [1.165, 1.54) is 11.8 Å². The van der Waals surface area contributed by atoms with Crippen LogP contribution >= 0.6 is 11.8 Å². The van der Waals surface area contributed by atoms with Gasteiger partial charge in [-0.15, -0.1) is 10.2 Å². The van der Waals surface area contributed by atoms with Crippen LogP contribution in [0.4, 0.5) is 5.69 Å². The Hall–Kier alpha value is -3.77. The maximum Gasteiger partial charge on any atom is 0.277 e. The van der Waals surface area contributed by atoms with Crippen molar-refractivity contribution in [3.63, 3.8) is 0 Å². The number of benzene rings is 2. The maximum absolute atomic E-state index is 12.9. The molecule has 0 saturated heterocycles. The summed E-state index contributed by atoms with van der Waals surface area (Å²) in [5.41, 5.74) is 2.50. The van der Waals surface area contributed by atoms with E-state index in [-0.39, 0.29) is 18.1 Å². The van der Waals surface area contributed by atoms with E-state index < -0.39 is 0 Å². The summed E-state index contributed by atoms with van der Waals surface area (Å²) in [5, 5.41) is 18.5. The zero-order valence-corrected chi connectivity index (χ0v) is 18.3. The first-order chi connectivity index (χ1) is 15.7. The number of carbonyl (C=O) groups excluding carboxylic acids is 1. The molecule has 0 aliphatic carbocycles. The molecule has 1 N–H and O–H groups in total. The van der Waals surface area contributed by atoms with E-state index >= 15 is 0 Å². The Morgan fingerprint density at radius 1 is 1.22 bits per heavy atom. The summed E-state index contributed by atoms with van der Waals surface area (Å²) in [6, 6.07) is 17.2. The lowest BCUT2D eigenvalue weighted by Crippen LogP contribution is -2.33. The highest BCUT2D eigenvalue weighted by molar-refractivity contribution is 7.99. The smallest absolute Gasteiger partial charge is 0.277 e. The fourth-order valence-electron chi connectivity index (χ4n) is 3.28. The Morgan fingerprint density at radius 2 is 2.03 bits per heavy atom. The van der Waals surface area contributed by atoms with Gasteiger partial charge in [0.1, 0.15) is 5.75 Å². The monoisotopic (exact) mass is 447 g/mol. The second-order valence-corrected chi connectivity index (χ2v) is 7.72. The van der Waals surface area contributed by atoms with Crippen LogP contribution in [0.5, 0.6) is 5.75 Å². The average molecular weight is 448 g/mol. The van der Waals surface area contributed by atoms with Crippen molar-refractivity contribution in [1.82, 2.24) is 15.2 Å². The highest BCUT2D eigenvalue weighted by atomic mass is 32.2. The lowest BCUT2D eigenvalue weighted by atomic mass is 10.2. The second-order valence-electron chi connectivity index (χ2n) is 6.79. The predicted molar refractivity (Wildman–Crippen MR) is 123 cm³/mol. The van der Waals surface area contributed by atoms with Crippen molar-refractivity contribution < 1.29 is 13.9 Å². The molecule has 0 aliphatic heterocycles. The van der Waals surface area contributed by atoms with Crippen LogP contribution in [0.3, 0.4) is 0 Å². The molecule has 162 valence electrons. The first-order valence-electron chi connectivity index (χ1n) is 10.1. The lowest BCUT2D eigenvalue weighted by molar-refractivity contribution is -0.116. The van der Waals surface area contributed by atoms with Gasteiger partial charge in [-0.25, -0.2) is 0 Å². The highest BCUT2D eigenvalue weighted by Crippen LogP contribution is 2.30. The van der Waals surface area contributed by atoms with Crippen LogP contribution in [-0.4, -0.2) is 40.0 Å². The number of thioether (sulfide) groups is 1. The summed E-state index contributed by atoms with van der Waals surface area (Å²) in [6.07, 6.45) is 2.06. The van der Waals surface area contributed by atoms with Gasteiger partial charge in [-0.2, -0.15) is 5.26 Å². The summed E-state index contributed by atoms with van der Waals surface area (Å²) >= 11 is 1.17. The summed E-state index contributed by atoms with van der Waals surface area (Å²) in [7, 11) is 0. The van der Waals surface area contributed by atoms with Gasteiger partial charge in [-0.3, -0.25) is 4.79 Å². The molecule has 2 aromatic heterocycles. The van der Waals surface area contributed by atoms with E-state index in [0.29, 0.717) is 30.0 Å². The molecule has 0 bridgehead atoms. The third-order valence-corrected chi connectivity index (χ3v) is 5.56. The Labute approximate surface area is 189 Å². The molecule has 2 heterocycles. The quantitative estimate of drug-likeness (QED) is 0.372. The predicted octanol–water partition coefficient (Wildman–Crippen LogP) is 4.66. The molecule has 2 aromatic carbocycles. The number of nitrogens with one attached hydrogen (secondary N) is 1. The standard InChI is InChI=1S/C23H21N5O3S/c1-2-30-17-10-8-16(9-11-17)28(13-5-12-24)21(29)15-32-23-27-26-22(31-23)19-14-25-20-7-4-3-6-18(19)20/h3-4,6-11,14,25H,2,5,13,15H2,1H3. The first kappa shape index (κ1) is 21.5. The molecule has 4 aromatic rings. The number of ether oxygens (including phenoxy) is 1. The van der Waals surface area contributed by atoms with E-state index in [1.54, 1.807) is 4.90 Å². The van der Waals surface area contributed by atoms with Gasteiger partial charge in [-0.05, 0) is 37.3 Å². The summed E-state index contributed by atoms with van der Waals surface area (Å²) in [6.45, 7) is 2.78. The number of carbonyl (C=O) groups is 1. The topological polar surface area (TPSA) is 108 Å². The molecular weight excluding hydrogens is 426 g/mol. The number of hydrogen-bond donors (Lipinski definition) is 1. The largest absolute Gasteiger partial charge is 0.494 e. The number of hydrogen-bond acceptors (Lipinski definition) is 7. The van der Waals surface area contributed by atoms with Gasteiger partial charge in [-0.1, -0.05) is 30.0 Å². The number of aromatic amines is 1. The molecule has 0 unspecified atom stereocenters. The van der Waals surface area contributed by atoms with E-state index in [4.69, 9.17) is 14.4 Å². The molecular formula is C23H21N5O3S. The number of amides is 1. The Kier molecular flexibility index (Phi) is 6.72. The molecule has 1 amide bonds. The molecule has 0 saturated carbocycles. The Balaban J connectivity index is 1.44. The molecule has 8 nitrogen and oxygen atoms in total. The average Bonchev–Trinajstić information content (AvgIpc) is 3.46. The van der Waals surface area contributed by atoms with Gasteiger partial charge in [0.2, 0.25) is 5.91 Å². The minimum absolute atomic E-state index is 0.105. The minimum atomic E-state index is -0.152. The number of anilines is 1. The molecule has 0 atom stereocenters. The van der Waals surface area contributed by atoms with Crippen molar-refractivity contribution in [3.05, 3.63) is 54.7 Å². The zero-order valence-electron chi connectivity index (χ0n) is 17.4. The fourth-order valence-corrected chi connectivity index (χ4v) is 3.91. The van der Waals surface area contributed by atoms with Crippen LogP contribution < -0.4 is 9.64 Å². The fraction of sp³-hybridized carbons (Fsp3) is 0.217. The molecule has 0 spiro atoms. The van der Waals surface area contributed by atoms with E-state index in [1.807, 2.05) is 61.7 Å². The van der Waals surface area contributed by atoms with Crippen LogP contribution in [-0.2, 0) is 4.79 Å². The maximum atomic E-state index is 12.9. The lowest BCUT2D eigenvalue weighted by Gasteiger charge is -2.21. The van der Waals surface area contributed by atoms with Crippen LogP contribution in [0, 0.1) is 11.3 Å². The van der Waals surface area contributed by atoms with Crippen molar-refractivity contribution in [2.24, 2.45) is 0 Å². The third kappa shape index (κ3) is 4.76. The minimum Gasteiger partial charge on any atom is -0.494 e. The van der Waals surface area contributed by atoms with Gasteiger partial charge in [0.15, 0.2) is 0 Å². The molecule has 0 fully saturated rings. The number of fused-ring (bicyclic) bond motifs is 1. The number of H-pyrrole nitrogens is 1. The van der Waals surface area contributed by atoms with E-state index in [2.05, 4.69) is 21.3 Å². The van der Waals surface area contributed by atoms with Crippen molar-refractivity contribution in [3.8, 4) is 23.3 Å². The molecule has 4 rings (SSSR count). The number of nitrogens with zero attached hydrogens (tertiary/aromatic N) is 4. The van der Waals surface area contributed by atoms with E-state index in [0.717, 1.165) is 22.2 Å². The van der Waals surface area contributed by atoms with Gasteiger partial charge in [0, 0.05) is 29.3 Å². The number of para-hydroxylation sites is 1. The SMILES string of the molecule is CCOc1ccc(N(CCC#N)C(=O)CSc2nnc(-c3c[nH]c4ccccc34)o2)cc1. The molecule has 0 radical (unpaired) electrons.